The van der Waals surface area contributed by atoms with Crippen LogP contribution in [0.3, 0.4) is 0 Å². The molecule has 5 rings (SSSR count). The van der Waals surface area contributed by atoms with Gasteiger partial charge in [0, 0.05) is 11.3 Å². The standard InChI is InChI=1S/C27H27O4P/c1-27-16-4-6-21-9-14-24-19(7-8-20(15-17-27)25(24)26(21)27)5-2-3-18-31-22-10-12-23(13-11-22)32(28,29)30/h4,6-17,26H,2-3,5,18H2,1H3,(H2,28,29,30). The van der Waals surface area contributed by atoms with Crippen LogP contribution in [0.25, 0.3) is 12.2 Å². The monoisotopic (exact) mass is 446 g/mol. The van der Waals surface area contributed by atoms with Crippen molar-refractivity contribution < 1.29 is 19.1 Å². The van der Waals surface area contributed by atoms with Gasteiger partial charge in [-0.2, -0.15) is 0 Å². The van der Waals surface area contributed by atoms with E-state index >= 15 is 0 Å². The Morgan fingerprint density at radius 3 is 2.59 bits per heavy atom. The van der Waals surface area contributed by atoms with Gasteiger partial charge in [-0.25, -0.2) is 0 Å². The van der Waals surface area contributed by atoms with Gasteiger partial charge in [-0.15, -0.1) is 0 Å². The van der Waals surface area contributed by atoms with E-state index in [2.05, 4.69) is 61.6 Å². The summed E-state index contributed by atoms with van der Waals surface area (Å²) in [4.78, 5) is 18.4. The SMILES string of the molecule is CC12C=CC=C3C=Cc4c(CCCCOc5ccc(P(=O)(O)O)cc5)ccc(c4C31)C=C2. The highest BCUT2D eigenvalue weighted by molar-refractivity contribution is 7.60. The fourth-order valence-electron chi connectivity index (χ4n) is 5.07. The average Bonchev–Trinajstić information content (AvgIpc) is 2.77. The van der Waals surface area contributed by atoms with E-state index in [4.69, 9.17) is 4.74 Å². The quantitative estimate of drug-likeness (QED) is 0.434. The maximum atomic E-state index is 11.3. The van der Waals surface area contributed by atoms with Gasteiger partial charge in [0.2, 0.25) is 0 Å². The summed E-state index contributed by atoms with van der Waals surface area (Å²) in [5.74, 6) is 1.02. The van der Waals surface area contributed by atoms with E-state index in [9.17, 15) is 14.4 Å². The molecule has 0 saturated heterocycles. The van der Waals surface area contributed by atoms with Gasteiger partial charge in [0.1, 0.15) is 5.75 Å². The average molecular weight is 446 g/mol. The summed E-state index contributed by atoms with van der Waals surface area (Å²) in [6.45, 7) is 2.90. The van der Waals surface area contributed by atoms with E-state index in [0.29, 0.717) is 18.3 Å². The molecule has 2 atom stereocenters. The Morgan fingerprint density at radius 2 is 1.81 bits per heavy atom. The molecule has 0 aliphatic heterocycles. The van der Waals surface area contributed by atoms with Gasteiger partial charge >= 0.3 is 7.60 Å². The predicted octanol–water partition coefficient (Wildman–Crippen LogP) is 5.53. The van der Waals surface area contributed by atoms with E-state index in [1.54, 1.807) is 12.1 Å². The molecule has 2 aromatic rings. The minimum absolute atomic E-state index is 0.0108. The second-order valence-electron chi connectivity index (χ2n) is 8.98. The third-order valence-corrected chi connectivity index (χ3v) is 7.72. The molecule has 2 aromatic carbocycles. The van der Waals surface area contributed by atoms with Gasteiger partial charge < -0.3 is 14.5 Å². The van der Waals surface area contributed by atoms with Crippen LogP contribution >= 0.6 is 7.60 Å². The van der Waals surface area contributed by atoms with Crippen molar-refractivity contribution in [3.63, 3.8) is 0 Å². The van der Waals surface area contributed by atoms with E-state index in [1.165, 1.54) is 40.0 Å². The van der Waals surface area contributed by atoms with Crippen molar-refractivity contribution >= 4 is 25.1 Å². The molecule has 0 bridgehead atoms. The fraction of sp³-hybridized carbons (Fsp3) is 0.259. The molecule has 32 heavy (non-hydrogen) atoms. The van der Waals surface area contributed by atoms with Crippen LogP contribution in [0, 0.1) is 5.41 Å². The second-order valence-corrected chi connectivity index (χ2v) is 10.6. The van der Waals surface area contributed by atoms with Crippen LogP contribution < -0.4 is 10.0 Å². The molecule has 0 aromatic heterocycles. The van der Waals surface area contributed by atoms with Crippen LogP contribution in [-0.2, 0) is 11.0 Å². The zero-order valence-electron chi connectivity index (χ0n) is 18.1. The Bertz CT molecular complexity index is 1210. The molecule has 4 nitrogen and oxygen atoms in total. The summed E-state index contributed by atoms with van der Waals surface area (Å²) < 4.78 is 17.0. The second kappa shape index (κ2) is 8.04. The van der Waals surface area contributed by atoms with Crippen molar-refractivity contribution in [3.8, 4) is 5.75 Å². The molecule has 0 radical (unpaired) electrons. The predicted molar refractivity (Wildman–Crippen MR) is 129 cm³/mol. The molecular weight excluding hydrogens is 419 g/mol. The number of benzene rings is 2. The van der Waals surface area contributed by atoms with Gasteiger partial charge in [0.15, 0.2) is 0 Å². The van der Waals surface area contributed by atoms with E-state index in [1.807, 2.05) is 0 Å². The molecule has 164 valence electrons. The Kier molecular flexibility index (Phi) is 5.33. The highest BCUT2D eigenvalue weighted by atomic mass is 31.2. The molecule has 0 spiro atoms. The van der Waals surface area contributed by atoms with Crippen molar-refractivity contribution in [2.45, 2.75) is 32.1 Å². The summed E-state index contributed by atoms with van der Waals surface area (Å²) in [5, 5.41) is 0.0108. The van der Waals surface area contributed by atoms with E-state index in [-0.39, 0.29) is 10.7 Å². The van der Waals surface area contributed by atoms with Crippen LogP contribution in [0.1, 0.15) is 47.9 Å². The van der Waals surface area contributed by atoms with Crippen molar-refractivity contribution in [1.82, 2.24) is 0 Å². The summed E-state index contributed by atoms with van der Waals surface area (Å²) >= 11 is 0. The van der Waals surface area contributed by atoms with Gasteiger partial charge in [0.05, 0.1) is 11.9 Å². The number of allylic oxidation sites excluding steroid dienone is 6. The molecule has 5 heteroatoms. The molecule has 3 aliphatic carbocycles. The highest BCUT2D eigenvalue weighted by Gasteiger charge is 2.40. The fourth-order valence-corrected chi connectivity index (χ4v) is 5.61. The lowest BCUT2D eigenvalue weighted by Crippen LogP contribution is -2.29. The topological polar surface area (TPSA) is 66.8 Å². The molecule has 2 unspecified atom stereocenters. The lowest BCUT2D eigenvalue weighted by atomic mass is 9.61. The number of aryl methyl sites for hydroxylation is 1. The van der Waals surface area contributed by atoms with Crippen molar-refractivity contribution in [2.24, 2.45) is 5.41 Å². The molecule has 0 heterocycles. The van der Waals surface area contributed by atoms with Gasteiger partial charge in [-0.3, -0.25) is 4.57 Å². The number of hydrogen-bond donors (Lipinski definition) is 2. The molecule has 0 amide bonds. The zero-order chi connectivity index (χ0) is 22.3. The Labute approximate surface area is 188 Å². The van der Waals surface area contributed by atoms with Crippen LogP contribution in [0.4, 0.5) is 0 Å². The maximum Gasteiger partial charge on any atom is 0.356 e. The van der Waals surface area contributed by atoms with Crippen molar-refractivity contribution in [3.05, 3.63) is 94.6 Å². The summed E-state index contributed by atoms with van der Waals surface area (Å²) in [6.07, 6.45) is 18.9. The third-order valence-electron chi connectivity index (χ3n) is 6.75. The van der Waals surface area contributed by atoms with Crippen LogP contribution in [0.2, 0.25) is 0 Å². The Balaban J connectivity index is 1.23. The zero-order valence-corrected chi connectivity index (χ0v) is 19.0. The lowest BCUT2D eigenvalue weighted by Gasteiger charge is -2.42. The first kappa shape index (κ1) is 21.2. The van der Waals surface area contributed by atoms with Gasteiger partial charge in [-0.1, -0.05) is 61.6 Å². The molecule has 0 saturated carbocycles. The van der Waals surface area contributed by atoms with E-state index < -0.39 is 7.60 Å². The third kappa shape index (κ3) is 3.84. The highest BCUT2D eigenvalue weighted by Crippen LogP contribution is 2.54. The molecule has 2 N–H and O–H groups in total. The molecule has 0 fully saturated rings. The smallest absolute Gasteiger partial charge is 0.356 e. The molecule has 3 aliphatic rings. The van der Waals surface area contributed by atoms with E-state index in [0.717, 1.165) is 19.3 Å². The normalized spacial score (nSPS) is 22.5. The summed E-state index contributed by atoms with van der Waals surface area (Å²) in [5.41, 5.74) is 6.99. The first-order chi connectivity index (χ1) is 15.4. The van der Waals surface area contributed by atoms with Crippen molar-refractivity contribution in [2.75, 3.05) is 6.61 Å². The van der Waals surface area contributed by atoms with Crippen LogP contribution in [0.15, 0.2) is 72.4 Å². The van der Waals surface area contributed by atoms with Crippen LogP contribution in [-0.4, -0.2) is 16.4 Å². The Morgan fingerprint density at radius 1 is 1.00 bits per heavy atom. The van der Waals surface area contributed by atoms with Crippen LogP contribution in [0.5, 0.6) is 5.75 Å². The number of unbranched alkanes of at least 4 members (excludes halogenated alkanes) is 1. The lowest BCUT2D eigenvalue weighted by molar-refractivity contribution is 0.307. The van der Waals surface area contributed by atoms with Gasteiger partial charge in [0.25, 0.3) is 0 Å². The first-order valence-electron chi connectivity index (χ1n) is 11.1. The van der Waals surface area contributed by atoms with Gasteiger partial charge in [-0.05, 0) is 71.4 Å². The first-order valence-corrected chi connectivity index (χ1v) is 12.7. The number of ether oxygens (including phenoxy) is 1. The number of hydrogen-bond acceptors (Lipinski definition) is 2. The summed E-state index contributed by atoms with van der Waals surface area (Å²) in [7, 11) is -4.21. The summed E-state index contributed by atoms with van der Waals surface area (Å²) in [6, 6.07) is 10.6. The number of rotatable bonds is 7. The Hall–Kier alpha value is -2.65. The minimum Gasteiger partial charge on any atom is -0.494 e. The molecular formula is C27H27O4P. The maximum absolute atomic E-state index is 11.3. The largest absolute Gasteiger partial charge is 0.494 e. The minimum atomic E-state index is -4.21. The van der Waals surface area contributed by atoms with Crippen molar-refractivity contribution in [1.29, 1.82) is 0 Å².